The first-order valence-corrected chi connectivity index (χ1v) is 6.31. The van der Waals surface area contributed by atoms with Crippen molar-refractivity contribution >= 4 is 0 Å². The largest absolute Gasteiger partial charge is 0.370 e. The molecule has 18 heavy (non-hydrogen) atoms. The monoisotopic (exact) mass is 248 g/mol. The molecule has 0 amide bonds. The maximum absolute atomic E-state index is 9.50. The first-order valence-electron chi connectivity index (χ1n) is 6.31. The standard InChI is InChI=1S/C15H20O3/c1-3-15(10-9-14(16)18-15)12(2)17-11-13-7-5-4-6-8-13/h3-8,12,14,16H,1,9-11H2,2H3. The first-order chi connectivity index (χ1) is 8.66. The third-order valence-corrected chi connectivity index (χ3v) is 3.51. The van der Waals surface area contributed by atoms with Crippen molar-refractivity contribution < 1.29 is 14.6 Å². The molecule has 98 valence electrons. The van der Waals surface area contributed by atoms with Gasteiger partial charge in [-0.25, -0.2) is 0 Å². The molecule has 1 aliphatic rings. The van der Waals surface area contributed by atoms with Crippen molar-refractivity contribution in [1.29, 1.82) is 0 Å². The normalized spacial score (nSPS) is 29.1. The van der Waals surface area contributed by atoms with Gasteiger partial charge < -0.3 is 14.6 Å². The van der Waals surface area contributed by atoms with Crippen LogP contribution in [-0.4, -0.2) is 23.1 Å². The van der Waals surface area contributed by atoms with Crippen LogP contribution in [0.3, 0.4) is 0 Å². The fourth-order valence-corrected chi connectivity index (χ4v) is 2.27. The van der Waals surface area contributed by atoms with Crippen molar-refractivity contribution in [2.45, 2.75) is 44.4 Å². The molecular formula is C15H20O3. The van der Waals surface area contributed by atoms with Crippen LogP contribution in [0.5, 0.6) is 0 Å². The summed E-state index contributed by atoms with van der Waals surface area (Å²) in [5.41, 5.74) is 0.566. The molecule has 3 unspecified atom stereocenters. The van der Waals surface area contributed by atoms with E-state index in [9.17, 15) is 5.11 Å². The Morgan fingerprint density at radius 1 is 1.56 bits per heavy atom. The van der Waals surface area contributed by atoms with E-state index in [0.29, 0.717) is 13.0 Å². The Hall–Kier alpha value is -1.16. The Bertz CT molecular complexity index is 390. The predicted molar refractivity (Wildman–Crippen MR) is 69.9 cm³/mol. The van der Waals surface area contributed by atoms with E-state index in [1.807, 2.05) is 37.3 Å². The first kappa shape index (κ1) is 13.3. The molecule has 0 aliphatic carbocycles. The minimum absolute atomic E-state index is 0.132. The number of benzene rings is 1. The molecule has 1 saturated heterocycles. The number of rotatable bonds is 5. The molecule has 1 aliphatic heterocycles. The lowest BCUT2D eigenvalue weighted by molar-refractivity contribution is -0.166. The topological polar surface area (TPSA) is 38.7 Å². The summed E-state index contributed by atoms with van der Waals surface area (Å²) < 4.78 is 11.4. The fourth-order valence-electron chi connectivity index (χ4n) is 2.27. The number of aliphatic hydroxyl groups excluding tert-OH is 1. The molecule has 0 aromatic heterocycles. The van der Waals surface area contributed by atoms with Crippen LogP contribution in [0.15, 0.2) is 43.0 Å². The molecule has 3 heteroatoms. The van der Waals surface area contributed by atoms with Gasteiger partial charge in [0.2, 0.25) is 0 Å². The molecule has 0 saturated carbocycles. The second-order valence-corrected chi connectivity index (χ2v) is 4.71. The zero-order valence-electron chi connectivity index (χ0n) is 10.7. The van der Waals surface area contributed by atoms with Crippen LogP contribution in [0, 0.1) is 0 Å². The molecule has 0 radical (unpaired) electrons. The summed E-state index contributed by atoms with van der Waals surface area (Å²) in [5, 5.41) is 9.50. The van der Waals surface area contributed by atoms with Gasteiger partial charge in [0.05, 0.1) is 12.7 Å². The van der Waals surface area contributed by atoms with E-state index in [2.05, 4.69) is 6.58 Å². The molecule has 0 bridgehead atoms. The lowest BCUT2D eigenvalue weighted by Gasteiger charge is -2.31. The molecule has 1 aromatic carbocycles. The fraction of sp³-hybridized carbons (Fsp3) is 0.467. The number of hydrogen-bond donors (Lipinski definition) is 1. The van der Waals surface area contributed by atoms with Crippen LogP contribution in [0.4, 0.5) is 0 Å². The van der Waals surface area contributed by atoms with Crippen molar-refractivity contribution in [3.05, 3.63) is 48.6 Å². The Morgan fingerprint density at radius 2 is 2.28 bits per heavy atom. The molecule has 0 spiro atoms. The molecule has 3 atom stereocenters. The molecule has 1 heterocycles. The van der Waals surface area contributed by atoms with E-state index < -0.39 is 11.9 Å². The maximum atomic E-state index is 9.50. The van der Waals surface area contributed by atoms with Gasteiger partial charge in [0.1, 0.15) is 5.60 Å². The van der Waals surface area contributed by atoms with Gasteiger partial charge in [-0.05, 0) is 18.9 Å². The molecule has 1 fully saturated rings. The van der Waals surface area contributed by atoms with Crippen LogP contribution in [0.25, 0.3) is 0 Å². The zero-order chi connectivity index (χ0) is 13.0. The summed E-state index contributed by atoms with van der Waals surface area (Å²) in [6, 6.07) is 10.0. The van der Waals surface area contributed by atoms with Crippen LogP contribution >= 0.6 is 0 Å². The van der Waals surface area contributed by atoms with Crippen LogP contribution < -0.4 is 0 Å². The third kappa shape index (κ3) is 2.80. The zero-order valence-corrected chi connectivity index (χ0v) is 10.7. The summed E-state index contributed by atoms with van der Waals surface area (Å²) >= 11 is 0. The second-order valence-electron chi connectivity index (χ2n) is 4.71. The van der Waals surface area contributed by atoms with Gasteiger partial charge >= 0.3 is 0 Å². The smallest absolute Gasteiger partial charge is 0.155 e. The highest BCUT2D eigenvalue weighted by atomic mass is 16.6. The van der Waals surface area contributed by atoms with Gasteiger partial charge in [0, 0.05) is 6.42 Å². The third-order valence-electron chi connectivity index (χ3n) is 3.51. The Labute approximate surface area is 108 Å². The average Bonchev–Trinajstić information content (AvgIpc) is 2.80. The van der Waals surface area contributed by atoms with Gasteiger partial charge in [-0.2, -0.15) is 0 Å². The Morgan fingerprint density at radius 3 is 2.83 bits per heavy atom. The average molecular weight is 248 g/mol. The van der Waals surface area contributed by atoms with Crippen molar-refractivity contribution in [3.8, 4) is 0 Å². The minimum atomic E-state index is -0.703. The van der Waals surface area contributed by atoms with E-state index >= 15 is 0 Å². The highest BCUT2D eigenvalue weighted by Crippen LogP contribution is 2.35. The highest BCUT2D eigenvalue weighted by molar-refractivity contribution is 5.14. The van der Waals surface area contributed by atoms with Crippen molar-refractivity contribution in [2.75, 3.05) is 0 Å². The van der Waals surface area contributed by atoms with E-state index in [1.54, 1.807) is 6.08 Å². The van der Waals surface area contributed by atoms with E-state index in [4.69, 9.17) is 9.47 Å². The van der Waals surface area contributed by atoms with Gasteiger partial charge in [-0.1, -0.05) is 36.4 Å². The van der Waals surface area contributed by atoms with Gasteiger partial charge in [0.25, 0.3) is 0 Å². The summed E-state index contributed by atoms with van der Waals surface area (Å²) in [6.45, 7) is 6.31. The van der Waals surface area contributed by atoms with Crippen molar-refractivity contribution in [3.63, 3.8) is 0 Å². The lowest BCUT2D eigenvalue weighted by Crippen LogP contribution is -2.40. The lowest BCUT2D eigenvalue weighted by atomic mass is 9.94. The number of aliphatic hydroxyl groups is 1. The van der Waals surface area contributed by atoms with Gasteiger partial charge in [-0.3, -0.25) is 0 Å². The Kier molecular flexibility index (Phi) is 4.17. The summed E-state index contributed by atoms with van der Waals surface area (Å²) in [6.07, 6.45) is 2.29. The highest BCUT2D eigenvalue weighted by Gasteiger charge is 2.42. The summed E-state index contributed by atoms with van der Waals surface area (Å²) in [5.74, 6) is 0. The molecule has 2 rings (SSSR count). The summed E-state index contributed by atoms with van der Waals surface area (Å²) in [7, 11) is 0. The number of ether oxygens (including phenoxy) is 2. The van der Waals surface area contributed by atoms with Gasteiger partial charge in [0.15, 0.2) is 6.29 Å². The molecule has 1 aromatic rings. The molecule has 1 N–H and O–H groups in total. The Balaban J connectivity index is 1.95. The van der Waals surface area contributed by atoms with Crippen molar-refractivity contribution in [1.82, 2.24) is 0 Å². The van der Waals surface area contributed by atoms with Crippen LogP contribution in [0.2, 0.25) is 0 Å². The predicted octanol–water partition coefficient (Wildman–Crippen LogP) is 2.65. The van der Waals surface area contributed by atoms with Crippen molar-refractivity contribution in [2.24, 2.45) is 0 Å². The summed E-state index contributed by atoms with van der Waals surface area (Å²) in [4.78, 5) is 0. The SMILES string of the molecule is C=CC1(C(C)OCc2ccccc2)CCC(O)O1. The molecule has 3 nitrogen and oxygen atoms in total. The van der Waals surface area contributed by atoms with E-state index in [0.717, 1.165) is 12.0 Å². The maximum Gasteiger partial charge on any atom is 0.155 e. The molecular weight excluding hydrogens is 228 g/mol. The minimum Gasteiger partial charge on any atom is -0.370 e. The van der Waals surface area contributed by atoms with Crippen LogP contribution in [0.1, 0.15) is 25.3 Å². The second kappa shape index (κ2) is 5.65. The number of hydrogen-bond acceptors (Lipinski definition) is 3. The van der Waals surface area contributed by atoms with E-state index in [-0.39, 0.29) is 6.10 Å². The van der Waals surface area contributed by atoms with Gasteiger partial charge in [-0.15, -0.1) is 6.58 Å². The van der Waals surface area contributed by atoms with E-state index in [1.165, 1.54) is 0 Å². The quantitative estimate of drug-likeness (QED) is 0.814. The van der Waals surface area contributed by atoms with Crippen LogP contribution in [-0.2, 0) is 16.1 Å².